The number of carboxylic acids is 1. The third kappa shape index (κ3) is 3.75. The Kier molecular flexibility index (Phi) is 4.47. The number of halogens is 3. The number of hydrogen-bond acceptors (Lipinski definition) is 2. The van der Waals surface area contributed by atoms with E-state index in [1.807, 2.05) is 0 Å². The van der Waals surface area contributed by atoms with E-state index in [2.05, 4.69) is 5.32 Å². The normalized spacial score (nSPS) is 10.4. The zero-order chi connectivity index (χ0) is 15.4. The van der Waals surface area contributed by atoms with E-state index in [9.17, 15) is 18.0 Å². The van der Waals surface area contributed by atoms with Crippen LogP contribution in [0.2, 0.25) is 0 Å². The zero-order valence-electron chi connectivity index (χ0n) is 10.9. The summed E-state index contributed by atoms with van der Waals surface area (Å²) in [5.74, 6) is -3.33. The van der Waals surface area contributed by atoms with Crippen molar-refractivity contribution in [3.63, 3.8) is 0 Å². The van der Waals surface area contributed by atoms with Gasteiger partial charge in [-0.1, -0.05) is 6.07 Å². The number of carbonyl (C=O) groups is 1. The van der Waals surface area contributed by atoms with Crippen molar-refractivity contribution in [2.75, 3.05) is 11.9 Å². The van der Waals surface area contributed by atoms with Crippen molar-refractivity contribution >= 4 is 11.7 Å². The van der Waals surface area contributed by atoms with Gasteiger partial charge in [0.1, 0.15) is 17.5 Å². The fourth-order valence-electron chi connectivity index (χ4n) is 1.97. The molecule has 2 rings (SSSR count). The lowest BCUT2D eigenvalue weighted by Gasteiger charge is -2.10. The Morgan fingerprint density at radius 1 is 1.10 bits per heavy atom. The second-order valence-electron chi connectivity index (χ2n) is 4.42. The second-order valence-corrected chi connectivity index (χ2v) is 4.42. The second kappa shape index (κ2) is 6.30. The maximum Gasteiger partial charge on any atom is 0.337 e. The summed E-state index contributed by atoms with van der Waals surface area (Å²) in [6.45, 7) is 0.143. The number of rotatable bonds is 5. The first-order valence-electron chi connectivity index (χ1n) is 6.18. The maximum absolute atomic E-state index is 13.6. The van der Waals surface area contributed by atoms with Gasteiger partial charge in [0.15, 0.2) is 0 Å². The molecule has 6 heteroatoms. The Morgan fingerprint density at radius 3 is 2.38 bits per heavy atom. The molecule has 0 spiro atoms. The summed E-state index contributed by atoms with van der Waals surface area (Å²) in [7, 11) is 0. The van der Waals surface area contributed by atoms with Crippen LogP contribution in [0.25, 0.3) is 0 Å². The predicted octanol–water partition coefficient (Wildman–Crippen LogP) is 3.46. The van der Waals surface area contributed by atoms with Crippen LogP contribution in [0, 0.1) is 17.5 Å². The number of hydrogen-bond donors (Lipinski definition) is 2. The minimum Gasteiger partial charge on any atom is -0.478 e. The number of para-hydroxylation sites is 1. The number of anilines is 1. The fourth-order valence-corrected chi connectivity index (χ4v) is 1.97. The van der Waals surface area contributed by atoms with E-state index in [1.165, 1.54) is 24.3 Å². The topological polar surface area (TPSA) is 49.3 Å². The average molecular weight is 295 g/mol. The highest BCUT2D eigenvalue weighted by Gasteiger charge is 2.13. The van der Waals surface area contributed by atoms with Crippen LogP contribution in [-0.4, -0.2) is 17.6 Å². The van der Waals surface area contributed by atoms with Crippen LogP contribution in [0.1, 0.15) is 15.9 Å². The molecule has 0 aromatic heterocycles. The van der Waals surface area contributed by atoms with Crippen molar-refractivity contribution < 1.29 is 23.1 Å². The van der Waals surface area contributed by atoms with E-state index in [0.717, 1.165) is 12.1 Å². The lowest BCUT2D eigenvalue weighted by molar-refractivity contribution is 0.0697. The maximum atomic E-state index is 13.6. The van der Waals surface area contributed by atoms with E-state index in [1.54, 1.807) is 0 Å². The number of carboxylic acid groups (broad SMARTS) is 1. The fraction of sp³-hybridized carbons (Fsp3) is 0.133. The first-order valence-corrected chi connectivity index (χ1v) is 6.18. The van der Waals surface area contributed by atoms with Gasteiger partial charge in [0.2, 0.25) is 0 Å². The van der Waals surface area contributed by atoms with Gasteiger partial charge in [-0.15, -0.1) is 0 Å². The quantitative estimate of drug-likeness (QED) is 0.888. The predicted molar refractivity (Wildman–Crippen MR) is 71.9 cm³/mol. The Bertz CT molecular complexity index is 654. The SMILES string of the molecule is O=C(O)c1cccc(F)c1NCCc1cc(F)cc(F)c1. The van der Waals surface area contributed by atoms with Crippen LogP contribution >= 0.6 is 0 Å². The van der Waals surface area contributed by atoms with Gasteiger partial charge in [-0.25, -0.2) is 18.0 Å². The van der Waals surface area contributed by atoms with Gasteiger partial charge in [0, 0.05) is 12.6 Å². The van der Waals surface area contributed by atoms with Crippen LogP contribution in [0.4, 0.5) is 18.9 Å². The third-order valence-corrected chi connectivity index (χ3v) is 2.88. The molecule has 0 aliphatic rings. The van der Waals surface area contributed by atoms with Crippen molar-refractivity contribution in [1.29, 1.82) is 0 Å². The van der Waals surface area contributed by atoms with Crippen molar-refractivity contribution in [1.82, 2.24) is 0 Å². The molecule has 0 saturated heterocycles. The molecule has 0 heterocycles. The van der Waals surface area contributed by atoms with Gasteiger partial charge >= 0.3 is 5.97 Å². The van der Waals surface area contributed by atoms with Crippen LogP contribution in [0.3, 0.4) is 0 Å². The van der Waals surface area contributed by atoms with Crippen LogP contribution in [0.5, 0.6) is 0 Å². The highest BCUT2D eigenvalue weighted by atomic mass is 19.1. The molecule has 0 amide bonds. The summed E-state index contributed by atoms with van der Waals surface area (Å²) in [5, 5.41) is 11.6. The first kappa shape index (κ1) is 14.9. The Labute approximate surface area is 119 Å². The highest BCUT2D eigenvalue weighted by molar-refractivity contribution is 5.94. The molecule has 0 atom stereocenters. The van der Waals surface area contributed by atoms with E-state index < -0.39 is 23.4 Å². The van der Waals surface area contributed by atoms with Gasteiger partial charge < -0.3 is 10.4 Å². The molecule has 2 N–H and O–H groups in total. The molecule has 3 nitrogen and oxygen atoms in total. The molecule has 21 heavy (non-hydrogen) atoms. The summed E-state index contributed by atoms with van der Waals surface area (Å²) in [5.41, 5.74) is 0.0653. The largest absolute Gasteiger partial charge is 0.478 e. The van der Waals surface area contributed by atoms with E-state index >= 15 is 0 Å². The summed E-state index contributed by atoms with van der Waals surface area (Å²) in [6, 6.07) is 6.81. The molecule has 0 aliphatic heterocycles. The monoisotopic (exact) mass is 295 g/mol. The molecule has 0 aliphatic carbocycles. The molecule has 0 saturated carbocycles. The number of nitrogens with one attached hydrogen (secondary N) is 1. The molecule has 2 aromatic carbocycles. The molecular formula is C15H12F3NO2. The van der Waals surface area contributed by atoms with Crippen molar-refractivity contribution in [3.8, 4) is 0 Å². The number of aromatic carboxylic acids is 1. The lowest BCUT2D eigenvalue weighted by atomic mass is 10.1. The van der Waals surface area contributed by atoms with Crippen LogP contribution < -0.4 is 5.32 Å². The van der Waals surface area contributed by atoms with Crippen LogP contribution in [-0.2, 0) is 6.42 Å². The number of benzene rings is 2. The summed E-state index contributed by atoms with van der Waals surface area (Å²) < 4.78 is 39.6. The van der Waals surface area contributed by atoms with Gasteiger partial charge in [-0.3, -0.25) is 0 Å². The van der Waals surface area contributed by atoms with Crippen molar-refractivity contribution in [2.45, 2.75) is 6.42 Å². The van der Waals surface area contributed by atoms with Gasteiger partial charge in [0.25, 0.3) is 0 Å². The Hall–Kier alpha value is -2.50. The highest BCUT2D eigenvalue weighted by Crippen LogP contribution is 2.20. The van der Waals surface area contributed by atoms with Crippen LogP contribution in [0.15, 0.2) is 36.4 Å². The van der Waals surface area contributed by atoms with E-state index in [-0.39, 0.29) is 24.2 Å². The minimum absolute atomic E-state index is 0.137. The summed E-state index contributed by atoms with van der Waals surface area (Å²) in [4.78, 5) is 11.0. The van der Waals surface area contributed by atoms with Crippen molar-refractivity contribution in [3.05, 3.63) is 65.0 Å². The Morgan fingerprint density at radius 2 is 1.76 bits per heavy atom. The molecule has 0 fully saturated rings. The molecule has 2 aromatic rings. The smallest absolute Gasteiger partial charge is 0.337 e. The van der Waals surface area contributed by atoms with E-state index in [0.29, 0.717) is 5.56 Å². The van der Waals surface area contributed by atoms with E-state index in [4.69, 9.17) is 5.11 Å². The van der Waals surface area contributed by atoms with Gasteiger partial charge in [0.05, 0.1) is 11.3 Å². The standard InChI is InChI=1S/C15H12F3NO2/c16-10-6-9(7-11(17)8-10)4-5-19-14-12(15(20)21)2-1-3-13(14)18/h1-3,6-8,19H,4-5H2,(H,20,21). The van der Waals surface area contributed by atoms with Gasteiger partial charge in [-0.2, -0.15) is 0 Å². The molecule has 0 bridgehead atoms. The molecule has 0 radical (unpaired) electrons. The third-order valence-electron chi connectivity index (χ3n) is 2.88. The summed E-state index contributed by atoms with van der Waals surface area (Å²) in [6.07, 6.45) is 0.224. The lowest BCUT2D eigenvalue weighted by Crippen LogP contribution is -2.11. The first-order chi connectivity index (χ1) is 9.97. The minimum atomic E-state index is -1.26. The molecule has 0 unspecified atom stereocenters. The Balaban J connectivity index is 2.08. The zero-order valence-corrected chi connectivity index (χ0v) is 10.9. The average Bonchev–Trinajstić information content (AvgIpc) is 2.39. The summed E-state index contributed by atoms with van der Waals surface area (Å²) >= 11 is 0. The van der Waals surface area contributed by atoms with Gasteiger partial charge in [-0.05, 0) is 36.2 Å². The molecule has 110 valence electrons. The molecular weight excluding hydrogens is 283 g/mol. The van der Waals surface area contributed by atoms with Crippen molar-refractivity contribution in [2.24, 2.45) is 0 Å².